The molecule has 102 valence electrons. The van der Waals surface area contributed by atoms with Gasteiger partial charge < -0.3 is 4.57 Å². The zero-order chi connectivity index (χ0) is 13.3. The maximum atomic E-state index is 5.98. The first-order chi connectivity index (χ1) is 8.47. The monoisotopic (exact) mass is 269 g/mol. The van der Waals surface area contributed by atoms with Crippen LogP contribution in [0.4, 0.5) is 0 Å². The van der Waals surface area contributed by atoms with E-state index < -0.39 is 0 Å². The Balaban J connectivity index is 2.40. The molecule has 0 aromatic carbocycles. The van der Waals surface area contributed by atoms with Crippen LogP contribution in [-0.4, -0.2) is 14.8 Å². The second-order valence-electron chi connectivity index (χ2n) is 6.36. The van der Waals surface area contributed by atoms with Gasteiger partial charge in [0.2, 0.25) is 0 Å². The summed E-state index contributed by atoms with van der Waals surface area (Å²) in [5.41, 5.74) is 0.321. The van der Waals surface area contributed by atoms with Crippen molar-refractivity contribution in [1.29, 1.82) is 0 Å². The standard InChI is InChI=1S/C14H24ClN3/c1-10(2)18-12(9-15)16-17-13(18)11-7-5-6-8-14(11,3)4/h10-11H,5-9H2,1-4H3. The van der Waals surface area contributed by atoms with Gasteiger partial charge in [0.05, 0.1) is 5.88 Å². The minimum atomic E-state index is 0.321. The van der Waals surface area contributed by atoms with Crippen molar-refractivity contribution in [2.45, 2.75) is 71.2 Å². The summed E-state index contributed by atoms with van der Waals surface area (Å²) in [6.45, 7) is 9.07. The van der Waals surface area contributed by atoms with Crippen molar-refractivity contribution < 1.29 is 0 Å². The van der Waals surface area contributed by atoms with Crippen LogP contribution < -0.4 is 0 Å². The van der Waals surface area contributed by atoms with Gasteiger partial charge in [-0.3, -0.25) is 0 Å². The zero-order valence-electron chi connectivity index (χ0n) is 11.9. The molecule has 1 aromatic rings. The normalized spacial score (nSPS) is 23.6. The lowest BCUT2D eigenvalue weighted by molar-refractivity contribution is 0.186. The van der Waals surface area contributed by atoms with Crippen LogP contribution in [-0.2, 0) is 5.88 Å². The molecule has 18 heavy (non-hydrogen) atoms. The first kappa shape index (κ1) is 13.9. The summed E-state index contributed by atoms with van der Waals surface area (Å²) >= 11 is 5.98. The maximum absolute atomic E-state index is 5.98. The van der Waals surface area contributed by atoms with E-state index in [0.717, 1.165) is 11.6 Å². The lowest BCUT2D eigenvalue weighted by Gasteiger charge is -2.38. The number of hydrogen-bond donors (Lipinski definition) is 0. The Kier molecular flexibility index (Phi) is 4.00. The molecular formula is C14H24ClN3. The molecule has 0 radical (unpaired) electrons. The van der Waals surface area contributed by atoms with Crippen LogP contribution in [0.2, 0.25) is 0 Å². The van der Waals surface area contributed by atoms with Gasteiger partial charge in [0.1, 0.15) is 11.6 Å². The highest BCUT2D eigenvalue weighted by atomic mass is 35.5. The molecular weight excluding hydrogens is 246 g/mol. The number of rotatable bonds is 3. The van der Waals surface area contributed by atoms with E-state index in [-0.39, 0.29) is 0 Å². The van der Waals surface area contributed by atoms with Gasteiger partial charge >= 0.3 is 0 Å². The van der Waals surface area contributed by atoms with Crippen molar-refractivity contribution in [2.75, 3.05) is 0 Å². The fourth-order valence-corrected chi connectivity index (χ4v) is 3.38. The minimum absolute atomic E-state index is 0.321. The third-order valence-electron chi connectivity index (χ3n) is 4.25. The van der Waals surface area contributed by atoms with E-state index >= 15 is 0 Å². The highest BCUT2D eigenvalue weighted by Crippen LogP contribution is 2.46. The van der Waals surface area contributed by atoms with Gasteiger partial charge in [-0.1, -0.05) is 26.7 Å². The summed E-state index contributed by atoms with van der Waals surface area (Å²) in [6.07, 6.45) is 5.13. The van der Waals surface area contributed by atoms with Crippen molar-refractivity contribution in [3.8, 4) is 0 Å². The predicted octanol–water partition coefficient (Wildman–Crippen LogP) is 4.28. The SMILES string of the molecule is CC(C)n1c(CCl)nnc1C1CCCCC1(C)C. The van der Waals surface area contributed by atoms with Gasteiger partial charge in [-0.15, -0.1) is 21.8 Å². The molecule has 1 heterocycles. The smallest absolute Gasteiger partial charge is 0.148 e. The molecule has 1 atom stereocenters. The van der Waals surface area contributed by atoms with Crippen LogP contribution in [0.3, 0.4) is 0 Å². The van der Waals surface area contributed by atoms with Crippen LogP contribution in [0, 0.1) is 5.41 Å². The van der Waals surface area contributed by atoms with Crippen molar-refractivity contribution in [2.24, 2.45) is 5.41 Å². The summed E-state index contributed by atoms with van der Waals surface area (Å²) < 4.78 is 2.24. The molecule has 3 nitrogen and oxygen atoms in total. The first-order valence-electron chi connectivity index (χ1n) is 6.97. The summed E-state index contributed by atoms with van der Waals surface area (Å²) in [6, 6.07) is 0.376. The highest BCUT2D eigenvalue weighted by Gasteiger charge is 2.37. The Labute approximate surface area is 115 Å². The van der Waals surface area contributed by atoms with Gasteiger partial charge in [-0.25, -0.2) is 0 Å². The number of hydrogen-bond acceptors (Lipinski definition) is 2. The average Bonchev–Trinajstić information content (AvgIpc) is 2.71. The molecule has 0 spiro atoms. The fourth-order valence-electron chi connectivity index (χ4n) is 3.20. The molecule has 0 amide bonds. The predicted molar refractivity (Wildman–Crippen MR) is 75.0 cm³/mol. The van der Waals surface area contributed by atoms with Crippen LogP contribution in [0.5, 0.6) is 0 Å². The van der Waals surface area contributed by atoms with Gasteiger partial charge in [-0.05, 0) is 32.1 Å². The van der Waals surface area contributed by atoms with E-state index in [0.29, 0.717) is 23.3 Å². The summed E-state index contributed by atoms with van der Waals surface area (Å²) in [5.74, 6) is 3.00. The van der Waals surface area contributed by atoms with Gasteiger partial charge in [0.25, 0.3) is 0 Å². The second-order valence-corrected chi connectivity index (χ2v) is 6.63. The number of halogens is 1. The van der Waals surface area contributed by atoms with Crippen LogP contribution in [0.25, 0.3) is 0 Å². The van der Waals surface area contributed by atoms with E-state index in [2.05, 4.69) is 42.5 Å². The Bertz CT molecular complexity index is 409. The van der Waals surface area contributed by atoms with Gasteiger partial charge in [-0.2, -0.15) is 0 Å². The van der Waals surface area contributed by atoms with E-state index in [1.807, 2.05) is 0 Å². The molecule has 0 saturated heterocycles. The molecule has 1 aliphatic carbocycles. The van der Waals surface area contributed by atoms with Crippen LogP contribution in [0.15, 0.2) is 0 Å². The van der Waals surface area contributed by atoms with E-state index in [9.17, 15) is 0 Å². The number of aromatic nitrogens is 3. The van der Waals surface area contributed by atoms with Gasteiger partial charge in [0, 0.05) is 12.0 Å². The molecule has 1 aromatic heterocycles. The first-order valence-corrected chi connectivity index (χ1v) is 7.50. The summed E-state index contributed by atoms with van der Waals surface area (Å²) in [7, 11) is 0. The quantitative estimate of drug-likeness (QED) is 0.767. The summed E-state index contributed by atoms with van der Waals surface area (Å²) in [5, 5.41) is 8.73. The molecule has 1 saturated carbocycles. The van der Waals surface area contributed by atoms with Crippen molar-refractivity contribution in [1.82, 2.24) is 14.8 Å². The van der Waals surface area contributed by atoms with Crippen molar-refractivity contribution in [3.63, 3.8) is 0 Å². The molecule has 0 aliphatic heterocycles. The lowest BCUT2D eigenvalue weighted by Crippen LogP contribution is -2.29. The Morgan fingerprint density at radius 1 is 1.33 bits per heavy atom. The van der Waals surface area contributed by atoms with Crippen molar-refractivity contribution in [3.05, 3.63) is 11.6 Å². The molecule has 1 aliphatic rings. The minimum Gasteiger partial charge on any atom is -0.311 e. The fraction of sp³-hybridized carbons (Fsp3) is 0.857. The van der Waals surface area contributed by atoms with Gasteiger partial charge in [0.15, 0.2) is 0 Å². The second kappa shape index (κ2) is 5.20. The molecule has 1 unspecified atom stereocenters. The molecule has 0 N–H and O–H groups in total. The Hall–Kier alpha value is -0.570. The van der Waals surface area contributed by atoms with E-state index in [4.69, 9.17) is 11.6 Å². The van der Waals surface area contributed by atoms with Crippen molar-refractivity contribution >= 4 is 11.6 Å². The zero-order valence-corrected chi connectivity index (χ0v) is 12.7. The maximum Gasteiger partial charge on any atom is 0.148 e. The largest absolute Gasteiger partial charge is 0.311 e. The molecule has 1 fully saturated rings. The number of alkyl halides is 1. The van der Waals surface area contributed by atoms with Crippen LogP contribution >= 0.6 is 11.6 Å². The van der Waals surface area contributed by atoms with Crippen LogP contribution in [0.1, 0.15) is 77.0 Å². The molecule has 2 rings (SSSR count). The van der Waals surface area contributed by atoms with E-state index in [1.165, 1.54) is 25.7 Å². The third kappa shape index (κ3) is 2.42. The molecule has 4 heteroatoms. The number of nitrogens with zero attached hydrogens (tertiary/aromatic N) is 3. The highest BCUT2D eigenvalue weighted by molar-refractivity contribution is 6.16. The third-order valence-corrected chi connectivity index (χ3v) is 4.49. The average molecular weight is 270 g/mol. The Morgan fingerprint density at radius 2 is 2.06 bits per heavy atom. The molecule has 0 bridgehead atoms. The lowest BCUT2D eigenvalue weighted by atomic mass is 9.68. The van der Waals surface area contributed by atoms with E-state index in [1.54, 1.807) is 0 Å². The topological polar surface area (TPSA) is 30.7 Å². The Morgan fingerprint density at radius 3 is 2.61 bits per heavy atom. The summed E-state index contributed by atoms with van der Waals surface area (Å²) in [4.78, 5) is 0.